The molecule has 26 heavy (non-hydrogen) atoms. The van der Waals surface area contributed by atoms with Crippen molar-refractivity contribution in [1.82, 2.24) is 4.90 Å². The fourth-order valence-corrected chi connectivity index (χ4v) is 4.28. The molecule has 1 fully saturated rings. The van der Waals surface area contributed by atoms with Crippen molar-refractivity contribution in [1.29, 1.82) is 0 Å². The summed E-state index contributed by atoms with van der Waals surface area (Å²) in [4.78, 5) is 27.5. The zero-order valence-corrected chi connectivity index (χ0v) is 15.3. The number of furan rings is 1. The molecule has 1 amide bonds. The Morgan fingerprint density at radius 1 is 1.12 bits per heavy atom. The number of carbonyl (C=O) groups is 2. The summed E-state index contributed by atoms with van der Waals surface area (Å²) >= 11 is 1.69. The van der Waals surface area contributed by atoms with Crippen molar-refractivity contribution in [2.75, 3.05) is 6.54 Å². The second-order valence-corrected chi connectivity index (χ2v) is 7.45. The highest BCUT2D eigenvalue weighted by atomic mass is 32.1. The van der Waals surface area contributed by atoms with Gasteiger partial charge in [-0.1, -0.05) is 30.3 Å². The van der Waals surface area contributed by atoms with Crippen LogP contribution in [-0.4, -0.2) is 23.1 Å². The Bertz CT molecular complexity index is 925. The standard InChI is InChI=1S/C21H19NO3S/c1-14(23)15-6-8-16(9-7-15)18-10-11-19(25-18)21(24)22-12-2-4-17(22)20-5-3-13-26-20/h3,5-11,13,17H,2,4,12H2,1H3. The van der Waals surface area contributed by atoms with Crippen LogP contribution in [0.4, 0.5) is 0 Å². The van der Waals surface area contributed by atoms with Crippen molar-refractivity contribution >= 4 is 23.0 Å². The lowest BCUT2D eigenvalue weighted by Crippen LogP contribution is -2.29. The van der Waals surface area contributed by atoms with Crippen molar-refractivity contribution in [2.45, 2.75) is 25.8 Å². The van der Waals surface area contributed by atoms with E-state index >= 15 is 0 Å². The van der Waals surface area contributed by atoms with Crippen LogP contribution in [0.25, 0.3) is 11.3 Å². The molecule has 5 heteroatoms. The van der Waals surface area contributed by atoms with Gasteiger partial charge in [0.15, 0.2) is 11.5 Å². The van der Waals surface area contributed by atoms with E-state index in [0.29, 0.717) is 17.1 Å². The van der Waals surface area contributed by atoms with Crippen LogP contribution in [0.15, 0.2) is 58.3 Å². The molecule has 3 aromatic rings. The van der Waals surface area contributed by atoms with Crippen molar-refractivity contribution in [3.8, 4) is 11.3 Å². The SMILES string of the molecule is CC(=O)c1ccc(-c2ccc(C(=O)N3CCCC3c3cccs3)o2)cc1. The lowest BCUT2D eigenvalue weighted by Gasteiger charge is -2.22. The predicted molar refractivity (Wildman–Crippen MR) is 101 cm³/mol. The summed E-state index contributed by atoms with van der Waals surface area (Å²) in [6, 6.07) is 15.0. The van der Waals surface area contributed by atoms with Crippen LogP contribution < -0.4 is 0 Å². The number of benzene rings is 1. The van der Waals surface area contributed by atoms with E-state index in [4.69, 9.17) is 4.42 Å². The maximum absolute atomic E-state index is 12.9. The smallest absolute Gasteiger partial charge is 0.290 e. The summed E-state index contributed by atoms with van der Waals surface area (Å²) in [7, 11) is 0. The molecular formula is C21H19NO3S. The minimum Gasteiger partial charge on any atom is -0.451 e. The Morgan fingerprint density at radius 3 is 2.62 bits per heavy atom. The topological polar surface area (TPSA) is 50.5 Å². The zero-order valence-electron chi connectivity index (χ0n) is 14.5. The van der Waals surface area contributed by atoms with E-state index in [-0.39, 0.29) is 17.7 Å². The molecule has 0 bridgehead atoms. The maximum atomic E-state index is 12.9. The van der Waals surface area contributed by atoms with Gasteiger partial charge in [-0.15, -0.1) is 11.3 Å². The van der Waals surface area contributed by atoms with E-state index in [1.807, 2.05) is 34.5 Å². The van der Waals surface area contributed by atoms with E-state index in [1.54, 1.807) is 36.5 Å². The third-order valence-electron chi connectivity index (χ3n) is 4.78. The van der Waals surface area contributed by atoms with Gasteiger partial charge in [-0.3, -0.25) is 9.59 Å². The van der Waals surface area contributed by atoms with E-state index < -0.39 is 0 Å². The fraction of sp³-hybridized carbons (Fsp3) is 0.238. The van der Waals surface area contributed by atoms with Gasteiger partial charge in [0.05, 0.1) is 6.04 Å². The Morgan fingerprint density at radius 2 is 1.92 bits per heavy atom. The molecule has 4 rings (SSSR count). The van der Waals surface area contributed by atoms with Crippen LogP contribution in [0.3, 0.4) is 0 Å². The number of nitrogens with zero attached hydrogens (tertiary/aromatic N) is 1. The predicted octanol–water partition coefficient (Wildman–Crippen LogP) is 5.19. The summed E-state index contributed by atoms with van der Waals surface area (Å²) in [5.41, 5.74) is 1.51. The van der Waals surface area contributed by atoms with E-state index in [1.165, 1.54) is 4.88 Å². The second kappa shape index (κ2) is 6.92. The Labute approximate surface area is 156 Å². The Balaban J connectivity index is 1.55. The third kappa shape index (κ3) is 3.10. The van der Waals surface area contributed by atoms with Gasteiger partial charge in [0.2, 0.25) is 0 Å². The summed E-state index contributed by atoms with van der Waals surface area (Å²) in [5, 5.41) is 2.05. The average molecular weight is 365 g/mol. The van der Waals surface area contributed by atoms with Gasteiger partial charge >= 0.3 is 0 Å². The molecule has 1 aromatic carbocycles. The molecule has 2 aromatic heterocycles. The van der Waals surface area contributed by atoms with Crippen LogP contribution in [0.2, 0.25) is 0 Å². The number of likely N-dealkylation sites (tertiary alicyclic amines) is 1. The van der Waals surface area contributed by atoms with Gasteiger partial charge in [-0.2, -0.15) is 0 Å². The van der Waals surface area contributed by atoms with Crippen LogP contribution in [0.1, 0.15) is 51.6 Å². The highest BCUT2D eigenvalue weighted by Gasteiger charge is 2.32. The number of rotatable bonds is 4. The Kier molecular flexibility index (Phi) is 4.47. The van der Waals surface area contributed by atoms with Crippen LogP contribution in [-0.2, 0) is 0 Å². The number of hydrogen-bond donors (Lipinski definition) is 0. The van der Waals surface area contributed by atoms with E-state index in [0.717, 1.165) is 24.9 Å². The summed E-state index contributed by atoms with van der Waals surface area (Å²) in [6.07, 6.45) is 2.00. The van der Waals surface area contributed by atoms with Crippen molar-refractivity contribution in [3.05, 3.63) is 70.1 Å². The first-order valence-electron chi connectivity index (χ1n) is 8.69. The number of ketones is 1. The van der Waals surface area contributed by atoms with Crippen molar-refractivity contribution in [3.63, 3.8) is 0 Å². The summed E-state index contributed by atoms with van der Waals surface area (Å²) in [6.45, 7) is 2.30. The highest BCUT2D eigenvalue weighted by Crippen LogP contribution is 2.36. The van der Waals surface area contributed by atoms with Gasteiger partial charge in [0.25, 0.3) is 5.91 Å². The molecule has 1 saturated heterocycles. The first kappa shape index (κ1) is 16.8. The highest BCUT2D eigenvalue weighted by molar-refractivity contribution is 7.10. The number of amides is 1. The molecule has 1 unspecified atom stereocenters. The molecule has 0 saturated carbocycles. The second-order valence-electron chi connectivity index (χ2n) is 6.47. The molecule has 3 heterocycles. The van der Waals surface area contributed by atoms with Crippen molar-refractivity contribution < 1.29 is 14.0 Å². The van der Waals surface area contributed by atoms with Crippen LogP contribution in [0.5, 0.6) is 0 Å². The normalized spacial score (nSPS) is 16.8. The van der Waals surface area contributed by atoms with Gasteiger partial charge < -0.3 is 9.32 Å². The molecule has 1 atom stereocenters. The quantitative estimate of drug-likeness (QED) is 0.598. The third-order valence-corrected chi connectivity index (χ3v) is 5.75. The first-order valence-corrected chi connectivity index (χ1v) is 9.57. The number of thiophene rings is 1. The maximum Gasteiger partial charge on any atom is 0.290 e. The van der Waals surface area contributed by atoms with E-state index in [9.17, 15) is 9.59 Å². The molecule has 0 spiro atoms. The Hall–Kier alpha value is -2.66. The lowest BCUT2D eigenvalue weighted by molar-refractivity contribution is 0.0706. The fourth-order valence-electron chi connectivity index (χ4n) is 3.41. The largest absolute Gasteiger partial charge is 0.451 e. The van der Waals surface area contributed by atoms with Gasteiger partial charge in [0, 0.05) is 22.5 Å². The number of carbonyl (C=O) groups excluding carboxylic acids is 2. The van der Waals surface area contributed by atoms with Gasteiger partial charge in [-0.05, 0) is 43.3 Å². The molecule has 4 nitrogen and oxygen atoms in total. The zero-order chi connectivity index (χ0) is 18.1. The molecule has 0 radical (unpaired) electrons. The molecule has 0 aliphatic carbocycles. The number of Topliss-reactive ketones (excluding diaryl/α,β-unsaturated/α-hetero) is 1. The summed E-state index contributed by atoms with van der Waals surface area (Å²) in [5.74, 6) is 0.961. The molecule has 132 valence electrons. The monoisotopic (exact) mass is 365 g/mol. The van der Waals surface area contributed by atoms with Crippen molar-refractivity contribution in [2.24, 2.45) is 0 Å². The average Bonchev–Trinajstić information content (AvgIpc) is 3.41. The molecule has 1 aliphatic rings. The first-order chi connectivity index (χ1) is 12.6. The summed E-state index contributed by atoms with van der Waals surface area (Å²) < 4.78 is 5.84. The van der Waals surface area contributed by atoms with Gasteiger partial charge in [0.1, 0.15) is 5.76 Å². The molecular weight excluding hydrogens is 346 g/mol. The molecule has 0 N–H and O–H groups in total. The van der Waals surface area contributed by atoms with E-state index in [2.05, 4.69) is 6.07 Å². The minimum absolute atomic E-state index is 0.0283. The minimum atomic E-state index is -0.0625. The van der Waals surface area contributed by atoms with Crippen LogP contribution >= 0.6 is 11.3 Å². The number of hydrogen-bond acceptors (Lipinski definition) is 4. The van der Waals surface area contributed by atoms with Gasteiger partial charge in [-0.25, -0.2) is 0 Å². The lowest BCUT2D eigenvalue weighted by atomic mass is 10.1. The molecule has 1 aliphatic heterocycles. The van der Waals surface area contributed by atoms with Crippen LogP contribution in [0, 0.1) is 0 Å².